The number of hydrogen-bond donors (Lipinski definition) is 0. The Labute approximate surface area is 129 Å². The summed E-state index contributed by atoms with van der Waals surface area (Å²) in [6, 6.07) is 13.6. The quantitative estimate of drug-likeness (QED) is 0.855. The second-order valence-corrected chi connectivity index (χ2v) is 5.68. The van der Waals surface area contributed by atoms with Gasteiger partial charge >= 0.3 is 0 Å². The highest BCUT2D eigenvalue weighted by Gasteiger charge is 2.55. The number of benzene rings is 2. The number of fused-ring (bicyclic) bond motifs is 3. The molecule has 0 radical (unpaired) electrons. The molecule has 2 aliphatic heterocycles. The van der Waals surface area contributed by atoms with Crippen LogP contribution in [0.3, 0.4) is 0 Å². The number of hydrogen-bond acceptors (Lipinski definition) is 3. The molecule has 112 valence electrons. The van der Waals surface area contributed by atoms with E-state index in [1.807, 2.05) is 54.3 Å². The number of carbonyl (C=O) groups excluding carboxylic acids is 1. The summed E-state index contributed by atoms with van der Waals surface area (Å²) in [5, 5.41) is 0. The first kappa shape index (κ1) is 13.3. The number of amides is 1. The molecule has 0 saturated carbocycles. The van der Waals surface area contributed by atoms with Gasteiger partial charge in [-0.05, 0) is 30.7 Å². The van der Waals surface area contributed by atoms with Crippen LogP contribution in [-0.2, 0) is 10.5 Å². The van der Waals surface area contributed by atoms with E-state index in [0.29, 0.717) is 13.2 Å². The van der Waals surface area contributed by atoms with Gasteiger partial charge in [0, 0.05) is 23.2 Å². The van der Waals surface area contributed by atoms with Crippen molar-refractivity contribution < 1.29 is 14.3 Å². The molecular formula is C18H17NO3. The maximum atomic E-state index is 12.8. The molecule has 1 amide bonds. The molecule has 1 unspecified atom stereocenters. The molecule has 22 heavy (non-hydrogen) atoms. The monoisotopic (exact) mass is 295 g/mol. The molecule has 2 aromatic rings. The molecule has 0 bridgehead atoms. The van der Waals surface area contributed by atoms with E-state index in [4.69, 9.17) is 9.47 Å². The predicted molar refractivity (Wildman–Crippen MR) is 81.9 cm³/mol. The molecule has 1 atom stereocenters. The van der Waals surface area contributed by atoms with Crippen molar-refractivity contribution in [3.05, 3.63) is 64.7 Å². The van der Waals surface area contributed by atoms with Crippen LogP contribution in [-0.4, -0.2) is 31.1 Å². The lowest BCUT2D eigenvalue weighted by Crippen LogP contribution is -2.40. The van der Waals surface area contributed by atoms with E-state index in [0.717, 1.165) is 28.0 Å². The van der Waals surface area contributed by atoms with Crippen LogP contribution in [0.15, 0.2) is 42.5 Å². The summed E-state index contributed by atoms with van der Waals surface area (Å²) in [4.78, 5) is 14.6. The first-order valence-electron chi connectivity index (χ1n) is 7.39. The van der Waals surface area contributed by atoms with Crippen molar-refractivity contribution >= 4 is 5.91 Å². The maximum absolute atomic E-state index is 12.8. The lowest BCUT2D eigenvalue weighted by Gasteiger charge is -2.33. The molecule has 1 fully saturated rings. The standard InChI is InChI=1S/C18H17NO3/c1-12-5-3-8-15-16(12)18(19(17(15)20)9-10-22-18)13-6-4-7-14(11-13)21-2/h3-8,11H,9-10H2,1-2H3. The van der Waals surface area contributed by atoms with E-state index in [-0.39, 0.29) is 5.91 Å². The van der Waals surface area contributed by atoms with E-state index in [2.05, 4.69) is 0 Å². The SMILES string of the molecule is COc1cccc(C23OCCN2C(=O)c2cccc(C)c23)c1. The fourth-order valence-corrected chi connectivity index (χ4v) is 3.63. The van der Waals surface area contributed by atoms with Gasteiger partial charge in [-0.3, -0.25) is 9.69 Å². The Bertz CT molecular complexity index is 771. The number of ether oxygens (including phenoxy) is 2. The van der Waals surface area contributed by atoms with Gasteiger partial charge < -0.3 is 9.47 Å². The van der Waals surface area contributed by atoms with Gasteiger partial charge in [0.05, 0.1) is 13.7 Å². The fraction of sp³-hybridized carbons (Fsp3) is 0.278. The van der Waals surface area contributed by atoms with Crippen LogP contribution in [0.5, 0.6) is 5.75 Å². The Morgan fingerprint density at radius 3 is 2.86 bits per heavy atom. The topological polar surface area (TPSA) is 38.8 Å². The Balaban J connectivity index is 2.01. The summed E-state index contributed by atoms with van der Waals surface area (Å²) in [5.41, 5.74) is 2.89. The smallest absolute Gasteiger partial charge is 0.257 e. The van der Waals surface area contributed by atoms with Crippen molar-refractivity contribution in [2.75, 3.05) is 20.3 Å². The van der Waals surface area contributed by atoms with E-state index in [1.165, 1.54) is 0 Å². The zero-order valence-electron chi connectivity index (χ0n) is 12.6. The minimum atomic E-state index is -0.813. The van der Waals surface area contributed by atoms with Gasteiger partial charge in [-0.2, -0.15) is 0 Å². The van der Waals surface area contributed by atoms with Crippen LogP contribution >= 0.6 is 0 Å². The molecule has 0 aliphatic carbocycles. The predicted octanol–water partition coefficient (Wildman–Crippen LogP) is 2.69. The van der Waals surface area contributed by atoms with Crippen molar-refractivity contribution in [1.29, 1.82) is 0 Å². The van der Waals surface area contributed by atoms with E-state index < -0.39 is 5.72 Å². The van der Waals surface area contributed by atoms with E-state index in [1.54, 1.807) is 7.11 Å². The van der Waals surface area contributed by atoms with Crippen molar-refractivity contribution in [2.45, 2.75) is 12.6 Å². The zero-order valence-corrected chi connectivity index (χ0v) is 12.6. The number of methoxy groups -OCH3 is 1. The second kappa shape index (κ2) is 4.58. The largest absolute Gasteiger partial charge is 0.497 e. The third-order valence-corrected chi connectivity index (χ3v) is 4.55. The minimum absolute atomic E-state index is 0.0408. The van der Waals surface area contributed by atoms with Crippen molar-refractivity contribution in [1.82, 2.24) is 4.90 Å². The van der Waals surface area contributed by atoms with Crippen molar-refractivity contribution in [2.24, 2.45) is 0 Å². The van der Waals surface area contributed by atoms with Crippen LogP contribution in [0.2, 0.25) is 0 Å². The molecule has 1 saturated heterocycles. The Kier molecular flexibility index (Phi) is 2.78. The van der Waals surface area contributed by atoms with Crippen molar-refractivity contribution in [3.8, 4) is 5.75 Å². The average Bonchev–Trinajstić information content (AvgIpc) is 3.08. The number of carbonyl (C=O) groups is 1. The van der Waals surface area contributed by atoms with Crippen LogP contribution in [0, 0.1) is 6.92 Å². The number of aryl methyl sites for hydroxylation is 1. The highest BCUT2D eigenvalue weighted by Crippen LogP contribution is 2.49. The highest BCUT2D eigenvalue weighted by atomic mass is 16.5. The molecule has 4 rings (SSSR count). The van der Waals surface area contributed by atoms with E-state index in [9.17, 15) is 4.79 Å². The summed E-state index contributed by atoms with van der Waals surface area (Å²) in [7, 11) is 1.64. The van der Waals surface area contributed by atoms with Gasteiger partial charge in [-0.1, -0.05) is 24.3 Å². The molecule has 4 nitrogen and oxygen atoms in total. The Morgan fingerprint density at radius 2 is 2.05 bits per heavy atom. The first-order valence-corrected chi connectivity index (χ1v) is 7.39. The van der Waals surface area contributed by atoms with Gasteiger partial charge in [0.1, 0.15) is 5.75 Å². The molecule has 2 aromatic carbocycles. The molecular weight excluding hydrogens is 278 g/mol. The lowest BCUT2D eigenvalue weighted by atomic mass is 9.90. The fourth-order valence-electron chi connectivity index (χ4n) is 3.63. The minimum Gasteiger partial charge on any atom is -0.497 e. The zero-order chi connectivity index (χ0) is 15.3. The first-order chi connectivity index (χ1) is 10.7. The normalized spacial score (nSPS) is 22.6. The van der Waals surface area contributed by atoms with Gasteiger partial charge in [-0.15, -0.1) is 0 Å². The van der Waals surface area contributed by atoms with Crippen LogP contribution in [0.1, 0.15) is 27.0 Å². The molecule has 0 N–H and O–H groups in total. The van der Waals surface area contributed by atoms with Gasteiger partial charge in [0.2, 0.25) is 0 Å². The van der Waals surface area contributed by atoms with Gasteiger partial charge in [0.15, 0.2) is 5.72 Å². The number of rotatable bonds is 2. The summed E-state index contributed by atoms with van der Waals surface area (Å²) in [6.07, 6.45) is 0. The third kappa shape index (κ3) is 1.53. The third-order valence-electron chi connectivity index (χ3n) is 4.55. The van der Waals surface area contributed by atoms with Crippen molar-refractivity contribution in [3.63, 3.8) is 0 Å². The Morgan fingerprint density at radius 1 is 1.23 bits per heavy atom. The highest BCUT2D eigenvalue weighted by molar-refractivity contribution is 6.01. The van der Waals surface area contributed by atoms with Crippen LogP contribution in [0.4, 0.5) is 0 Å². The van der Waals surface area contributed by atoms with Crippen LogP contribution in [0.25, 0.3) is 0 Å². The average molecular weight is 295 g/mol. The lowest BCUT2D eigenvalue weighted by molar-refractivity contribution is -0.0309. The summed E-state index contributed by atoms with van der Waals surface area (Å²) < 4.78 is 11.5. The van der Waals surface area contributed by atoms with Gasteiger partial charge in [-0.25, -0.2) is 0 Å². The molecule has 2 aliphatic rings. The molecule has 0 aromatic heterocycles. The summed E-state index contributed by atoms with van der Waals surface area (Å²) >= 11 is 0. The van der Waals surface area contributed by atoms with Gasteiger partial charge in [0.25, 0.3) is 5.91 Å². The molecule has 4 heteroatoms. The maximum Gasteiger partial charge on any atom is 0.257 e. The summed E-state index contributed by atoms with van der Waals surface area (Å²) in [5.74, 6) is 0.802. The van der Waals surface area contributed by atoms with Crippen LogP contribution < -0.4 is 4.74 Å². The number of nitrogens with zero attached hydrogens (tertiary/aromatic N) is 1. The van der Waals surface area contributed by atoms with E-state index >= 15 is 0 Å². The second-order valence-electron chi connectivity index (χ2n) is 5.68. The molecule has 2 heterocycles. The Hall–Kier alpha value is -2.33. The summed E-state index contributed by atoms with van der Waals surface area (Å²) in [6.45, 7) is 3.17. The molecule has 0 spiro atoms.